The molecule has 0 saturated heterocycles. The second-order valence-corrected chi connectivity index (χ2v) is 7.91. The highest BCUT2D eigenvalue weighted by molar-refractivity contribution is 6.30. The number of halogens is 1. The maximum atomic E-state index is 13.1. The van der Waals surface area contributed by atoms with Crippen molar-refractivity contribution >= 4 is 17.5 Å². The Bertz CT molecular complexity index is 1120. The minimum Gasteiger partial charge on any atom is -0.391 e. The van der Waals surface area contributed by atoms with Crippen LogP contribution >= 0.6 is 11.6 Å². The Labute approximate surface area is 178 Å². The number of nitrogens with one attached hydrogen (secondary N) is 1. The van der Waals surface area contributed by atoms with Crippen LogP contribution in [0, 0.1) is 0 Å². The number of aryl methyl sites for hydroxylation is 1. The summed E-state index contributed by atoms with van der Waals surface area (Å²) in [6, 6.07) is 8.09. The van der Waals surface area contributed by atoms with Gasteiger partial charge in [0.2, 0.25) is 0 Å². The molecule has 2 aromatic heterocycles. The average molecular weight is 428 g/mol. The van der Waals surface area contributed by atoms with Crippen LogP contribution in [0.5, 0.6) is 0 Å². The van der Waals surface area contributed by atoms with Gasteiger partial charge in [-0.05, 0) is 31.0 Å². The zero-order valence-corrected chi connectivity index (χ0v) is 17.2. The van der Waals surface area contributed by atoms with E-state index in [1.54, 1.807) is 42.2 Å². The topological polar surface area (TPSA) is 102 Å². The van der Waals surface area contributed by atoms with Gasteiger partial charge in [-0.15, -0.1) is 0 Å². The van der Waals surface area contributed by atoms with Gasteiger partial charge in [0.15, 0.2) is 0 Å². The van der Waals surface area contributed by atoms with E-state index in [0.29, 0.717) is 34.8 Å². The molecule has 0 bridgehead atoms. The molecule has 1 aromatic carbocycles. The van der Waals surface area contributed by atoms with Crippen molar-refractivity contribution in [3.63, 3.8) is 0 Å². The van der Waals surface area contributed by atoms with Gasteiger partial charge in [0.05, 0.1) is 30.2 Å². The Morgan fingerprint density at radius 3 is 2.63 bits per heavy atom. The van der Waals surface area contributed by atoms with Crippen LogP contribution in [0.2, 0.25) is 5.02 Å². The summed E-state index contributed by atoms with van der Waals surface area (Å²) in [5.41, 5.74) is 1.01. The van der Waals surface area contributed by atoms with E-state index in [0.717, 1.165) is 12.8 Å². The van der Waals surface area contributed by atoms with Crippen LogP contribution in [0.15, 0.2) is 47.5 Å². The minimum atomic E-state index is -0.610. The summed E-state index contributed by atoms with van der Waals surface area (Å²) >= 11 is 5.98. The largest absolute Gasteiger partial charge is 0.391 e. The molecule has 0 aliphatic heterocycles. The standard InChI is InChI=1S/C21H22ClN5O3/c1-26-12-15(11-23-26)27-21(30)16(20(29)24-17-4-2-3-5-19(17)28)10-18(25-27)13-6-8-14(22)9-7-13/h6-12,17,19,28H,2-5H2,1H3,(H,24,29)/t17-,19+/m1/s1. The molecular weight excluding hydrogens is 406 g/mol. The molecule has 156 valence electrons. The Hall–Kier alpha value is -2.97. The molecule has 0 radical (unpaired) electrons. The van der Waals surface area contributed by atoms with Crippen LogP contribution in [0.4, 0.5) is 0 Å². The zero-order valence-electron chi connectivity index (χ0n) is 16.5. The molecular formula is C21H22ClN5O3. The Morgan fingerprint density at radius 1 is 1.23 bits per heavy atom. The van der Waals surface area contributed by atoms with Crippen LogP contribution in [0.3, 0.4) is 0 Å². The molecule has 9 heteroatoms. The number of amides is 1. The molecule has 30 heavy (non-hydrogen) atoms. The molecule has 2 heterocycles. The summed E-state index contributed by atoms with van der Waals surface area (Å²) < 4.78 is 2.72. The molecule has 1 fully saturated rings. The number of hydrogen-bond acceptors (Lipinski definition) is 5. The van der Waals surface area contributed by atoms with Crippen molar-refractivity contribution in [3.05, 3.63) is 63.7 Å². The third kappa shape index (κ3) is 4.15. The lowest BCUT2D eigenvalue weighted by atomic mass is 9.92. The van der Waals surface area contributed by atoms with Crippen molar-refractivity contribution in [3.8, 4) is 16.9 Å². The number of carbonyl (C=O) groups is 1. The lowest BCUT2D eigenvalue weighted by Gasteiger charge is -2.28. The van der Waals surface area contributed by atoms with Crippen molar-refractivity contribution in [2.24, 2.45) is 7.05 Å². The zero-order chi connectivity index (χ0) is 21.3. The highest BCUT2D eigenvalue weighted by atomic mass is 35.5. The first-order chi connectivity index (χ1) is 14.4. The van der Waals surface area contributed by atoms with Gasteiger partial charge in [-0.3, -0.25) is 14.3 Å². The smallest absolute Gasteiger partial charge is 0.284 e. The molecule has 2 N–H and O–H groups in total. The molecule has 1 aliphatic carbocycles. The van der Waals surface area contributed by atoms with Gasteiger partial charge >= 0.3 is 0 Å². The molecule has 1 amide bonds. The van der Waals surface area contributed by atoms with Gasteiger partial charge in [0.1, 0.15) is 11.3 Å². The fourth-order valence-electron chi connectivity index (χ4n) is 3.64. The number of benzene rings is 1. The normalized spacial score (nSPS) is 18.9. The Kier molecular flexibility index (Phi) is 5.69. The maximum Gasteiger partial charge on any atom is 0.284 e. The lowest BCUT2D eigenvalue weighted by Crippen LogP contribution is -2.46. The number of aromatic nitrogens is 4. The van der Waals surface area contributed by atoms with Crippen molar-refractivity contribution in [1.29, 1.82) is 0 Å². The SMILES string of the molecule is Cn1cc(-n2nc(-c3ccc(Cl)cc3)cc(C(=O)N[C@@H]3CCCC[C@@H]3O)c2=O)cn1. The fourth-order valence-corrected chi connectivity index (χ4v) is 3.76. The van der Waals surface area contributed by atoms with E-state index in [2.05, 4.69) is 15.5 Å². The fraction of sp³-hybridized carbons (Fsp3) is 0.333. The van der Waals surface area contributed by atoms with Crippen molar-refractivity contribution in [1.82, 2.24) is 24.9 Å². The van der Waals surface area contributed by atoms with Crippen LogP contribution in [0.1, 0.15) is 36.0 Å². The van der Waals surface area contributed by atoms with E-state index in [1.807, 2.05) is 0 Å². The van der Waals surface area contributed by atoms with Crippen LogP contribution in [0.25, 0.3) is 16.9 Å². The summed E-state index contributed by atoms with van der Waals surface area (Å²) in [5.74, 6) is -0.527. The van der Waals surface area contributed by atoms with E-state index in [1.165, 1.54) is 16.9 Å². The quantitative estimate of drug-likeness (QED) is 0.665. The molecule has 1 aliphatic rings. The second kappa shape index (κ2) is 8.41. The van der Waals surface area contributed by atoms with Crippen molar-refractivity contribution in [2.75, 3.05) is 0 Å². The minimum absolute atomic E-state index is 0.0448. The van der Waals surface area contributed by atoms with Gasteiger partial charge in [-0.25, -0.2) is 0 Å². The summed E-state index contributed by atoms with van der Waals surface area (Å²) in [4.78, 5) is 26.1. The predicted octanol–water partition coefficient (Wildman–Crippen LogP) is 2.32. The third-order valence-electron chi connectivity index (χ3n) is 5.28. The third-order valence-corrected chi connectivity index (χ3v) is 5.53. The Balaban J connectivity index is 1.78. The second-order valence-electron chi connectivity index (χ2n) is 7.47. The summed E-state index contributed by atoms with van der Waals surface area (Å²) in [7, 11) is 1.73. The number of aliphatic hydroxyl groups is 1. The van der Waals surface area contributed by atoms with Gasteiger partial charge < -0.3 is 10.4 Å². The van der Waals surface area contributed by atoms with Crippen molar-refractivity contribution in [2.45, 2.75) is 37.8 Å². The molecule has 0 spiro atoms. The molecule has 2 atom stereocenters. The van der Waals surface area contributed by atoms with E-state index in [9.17, 15) is 14.7 Å². The molecule has 0 unspecified atom stereocenters. The summed E-state index contributed by atoms with van der Waals surface area (Å²) in [5, 5.41) is 22.1. The predicted molar refractivity (Wildman–Crippen MR) is 113 cm³/mol. The maximum absolute atomic E-state index is 13.1. The molecule has 1 saturated carbocycles. The summed E-state index contributed by atoms with van der Waals surface area (Å²) in [6.45, 7) is 0. The van der Waals surface area contributed by atoms with E-state index in [-0.39, 0.29) is 11.6 Å². The number of carbonyl (C=O) groups excluding carboxylic acids is 1. The molecule has 4 rings (SSSR count). The van der Waals surface area contributed by atoms with Crippen LogP contribution in [-0.4, -0.2) is 42.7 Å². The van der Waals surface area contributed by atoms with Gasteiger partial charge in [0.25, 0.3) is 11.5 Å². The van der Waals surface area contributed by atoms with Gasteiger partial charge in [0, 0.05) is 17.6 Å². The van der Waals surface area contributed by atoms with Gasteiger partial charge in [-0.1, -0.05) is 36.6 Å². The first-order valence-corrected chi connectivity index (χ1v) is 10.2. The first-order valence-electron chi connectivity index (χ1n) is 9.80. The van der Waals surface area contributed by atoms with E-state index in [4.69, 9.17) is 11.6 Å². The van der Waals surface area contributed by atoms with E-state index < -0.39 is 17.6 Å². The van der Waals surface area contributed by atoms with E-state index >= 15 is 0 Å². The monoisotopic (exact) mass is 427 g/mol. The Morgan fingerprint density at radius 2 is 1.97 bits per heavy atom. The van der Waals surface area contributed by atoms with Crippen molar-refractivity contribution < 1.29 is 9.90 Å². The molecule has 3 aromatic rings. The molecule has 8 nitrogen and oxygen atoms in total. The highest BCUT2D eigenvalue weighted by Gasteiger charge is 2.27. The number of nitrogens with zero attached hydrogens (tertiary/aromatic N) is 4. The van der Waals surface area contributed by atoms with Gasteiger partial charge in [-0.2, -0.15) is 14.9 Å². The first kappa shape index (κ1) is 20.3. The van der Waals surface area contributed by atoms with Crippen LogP contribution in [-0.2, 0) is 7.05 Å². The number of hydrogen-bond donors (Lipinski definition) is 2. The summed E-state index contributed by atoms with van der Waals surface area (Å²) in [6.07, 6.45) is 5.71. The lowest BCUT2D eigenvalue weighted by molar-refractivity contribution is 0.0716. The number of aliphatic hydroxyl groups excluding tert-OH is 1. The highest BCUT2D eigenvalue weighted by Crippen LogP contribution is 2.21. The number of rotatable bonds is 4. The van der Waals surface area contributed by atoms with Crippen LogP contribution < -0.4 is 10.9 Å². The average Bonchev–Trinajstić information content (AvgIpc) is 3.16.